The zero-order chi connectivity index (χ0) is 33.1. The van der Waals surface area contributed by atoms with Crippen molar-refractivity contribution in [2.24, 2.45) is 0 Å². The van der Waals surface area contributed by atoms with Gasteiger partial charge in [0.25, 0.3) is 0 Å². The Morgan fingerprint density at radius 1 is 0.422 bits per heavy atom. The van der Waals surface area contributed by atoms with E-state index in [1.165, 1.54) is 24.3 Å². The van der Waals surface area contributed by atoms with Gasteiger partial charge in [0, 0.05) is 22.3 Å². The molecule has 0 saturated heterocycles. The molecular formula is C30H13Br8NO6. The quantitative estimate of drug-likeness (QED) is 0.108. The fraction of sp³-hybridized carbons (Fsp3) is 0. The predicted octanol–water partition coefficient (Wildman–Crippen LogP) is 11.7. The molecule has 0 saturated carbocycles. The fourth-order valence-electron chi connectivity index (χ4n) is 4.52. The third-order valence-corrected chi connectivity index (χ3v) is 11.5. The molecule has 5 rings (SSSR count). The Hall–Kier alpha value is -1.46. The van der Waals surface area contributed by atoms with Crippen molar-refractivity contribution in [1.82, 2.24) is 4.98 Å². The number of phenols is 4. The van der Waals surface area contributed by atoms with E-state index in [0.717, 1.165) is 0 Å². The lowest BCUT2D eigenvalue weighted by Crippen LogP contribution is -2.07. The van der Waals surface area contributed by atoms with Crippen LogP contribution in [0.3, 0.4) is 0 Å². The van der Waals surface area contributed by atoms with Crippen LogP contribution in [-0.2, 0) is 0 Å². The van der Waals surface area contributed by atoms with Gasteiger partial charge in [-0.1, -0.05) is 0 Å². The Labute approximate surface area is 322 Å². The molecule has 0 unspecified atom stereocenters. The summed E-state index contributed by atoms with van der Waals surface area (Å²) in [6.45, 7) is 0. The van der Waals surface area contributed by atoms with Gasteiger partial charge in [0.1, 0.15) is 23.0 Å². The summed E-state index contributed by atoms with van der Waals surface area (Å²) in [6, 6.07) is 12.3. The molecule has 0 atom stereocenters. The van der Waals surface area contributed by atoms with Crippen molar-refractivity contribution in [1.29, 1.82) is 0 Å². The van der Waals surface area contributed by atoms with Gasteiger partial charge in [-0.2, -0.15) is 0 Å². The van der Waals surface area contributed by atoms with Crippen molar-refractivity contribution in [3.8, 4) is 45.3 Å². The van der Waals surface area contributed by atoms with E-state index in [9.17, 15) is 30.0 Å². The van der Waals surface area contributed by atoms with Gasteiger partial charge in [-0.25, -0.2) is 0 Å². The topological polar surface area (TPSA) is 131 Å². The molecule has 230 valence electrons. The molecule has 0 aliphatic carbocycles. The van der Waals surface area contributed by atoms with E-state index in [1.807, 2.05) is 0 Å². The molecule has 5 N–H and O–H groups in total. The molecule has 0 aliphatic heterocycles. The van der Waals surface area contributed by atoms with E-state index in [0.29, 0.717) is 40.1 Å². The monoisotopic (exact) mass is 1110 g/mol. The zero-order valence-corrected chi connectivity index (χ0v) is 34.4. The molecule has 0 spiro atoms. The van der Waals surface area contributed by atoms with Crippen LogP contribution in [0.4, 0.5) is 0 Å². The summed E-state index contributed by atoms with van der Waals surface area (Å²) in [5.74, 6) is -1.36. The molecule has 0 radical (unpaired) electrons. The molecular weight excluding hydrogens is 1110 g/mol. The molecule has 4 aromatic carbocycles. The standard InChI is InChI=1S/C30H13Br8NO6/c31-13-1-9(2-14(32)27(13)42)21-22(10-3-15(33)28(43)16(34)4-10)24(26(41)12-7-19(37)30(45)20(38)8-12)39-23(21)25(40)11-5-17(35)29(44)18(36)6-11/h1-8,39,42-45H. The minimum atomic E-state index is -0.517. The summed E-state index contributed by atoms with van der Waals surface area (Å²) < 4.78 is 2.35. The molecule has 1 aromatic heterocycles. The van der Waals surface area contributed by atoms with Crippen molar-refractivity contribution in [3.05, 3.63) is 107 Å². The number of ketones is 2. The van der Waals surface area contributed by atoms with E-state index in [1.54, 1.807) is 24.3 Å². The van der Waals surface area contributed by atoms with Crippen molar-refractivity contribution < 1.29 is 30.0 Å². The lowest BCUT2D eigenvalue weighted by atomic mass is 9.91. The van der Waals surface area contributed by atoms with Gasteiger partial charge in [-0.15, -0.1) is 0 Å². The molecule has 15 heteroatoms. The Kier molecular flexibility index (Phi) is 10.5. The average molecular weight is 1120 g/mol. The highest BCUT2D eigenvalue weighted by Gasteiger charge is 2.31. The van der Waals surface area contributed by atoms with Gasteiger partial charge in [-0.3, -0.25) is 9.59 Å². The molecule has 0 amide bonds. The largest absolute Gasteiger partial charge is 0.506 e. The molecule has 0 fully saturated rings. The molecule has 7 nitrogen and oxygen atoms in total. The second-order valence-electron chi connectivity index (χ2n) is 9.44. The lowest BCUT2D eigenvalue weighted by molar-refractivity contribution is 0.103. The van der Waals surface area contributed by atoms with Crippen molar-refractivity contribution in [2.45, 2.75) is 0 Å². The van der Waals surface area contributed by atoms with Crippen LogP contribution in [0.1, 0.15) is 32.1 Å². The first-order valence-electron chi connectivity index (χ1n) is 12.2. The zero-order valence-electron chi connectivity index (χ0n) is 21.7. The maximum Gasteiger partial charge on any atom is 0.209 e. The fourth-order valence-corrected chi connectivity index (χ4v) is 9.27. The molecule has 0 aliphatic rings. The third-order valence-electron chi connectivity index (χ3n) is 6.62. The molecule has 45 heavy (non-hydrogen) atoms. The van der Waals surface area contributed by atoms with E-state index < -0.39 is 11.6 Å². The Bertz CT molecular complexity index is 1850. The van der Waals surface area contributed by atoms with Crippen LogP contribution in [0, 0.1) is 0 Å². The molecule has 1 heterocycles. The number of carbonyl (C=O) groups is 2. The number of nitrogens with one attached hydrogen (secondary N) is 1. The van der Waals surface area contributed by atoms with Gasteiger partial charge < -0.3 is 25.4 Å². The Balaban J connectivity index is 1.93. The Morgan fingerprint density at radius 3 is 0.889 bits per heavy atom. The van der Waals surface area contributed by atoms with Crippen molar-refractivity contribution in [2.75, 3.05) is 0 Å². The van der Waals surface area contributed by atoms with Crippen LogP contribution in [0.5, 0.6) is 23.0 Å². The first-order valence-corrected chi connectivity index (χ1v) is 18.5. The average Bonchev–Trinajstić information content (AvgIpc) is 3.39. The number of aromatic hydroxyl groups is 4. The smallest absolute Gasteiger partial charge is 0.209 e. The molecule has 5 aromatic rings. The second kappa shape index (κ2) is 13.6. The highest BCUT2D eigenvalue weighted by molar-refractivity contribution is 9.12. The second-order valence-corrected chi connectivity index (χ2v) is 16.3. The minimum Gasteiger partial charge on any atom is -0.506 e. The van der Waals surface area contributed by atoms with Gasteiger partial charge in [0.15, 0.2) is 0 Å². The number of hydrogen-bond donors (Lipinski definition) is 5. The van der Waals surface area contributed by atoms with E-state index in [-0.39, 0.29) is 63.4 Å². The number of aromatic nitrogens is 1. The van der Waals surface area contributed by atoms with Crippen LogP contribution in [-0.4, -0.2) is 37.0 Å². The first kappa shape index (κ1) is 34.9. The number of benzene rings is 4. The number of H-pyrrole nitrogens is 1. The van der Waals surface area contributed by atoms with E-state index >= 15 is 0 Å². The number of carbonyl (C=O) groups excluding carboxylic acids is 2. The van der Waals surface area contributed by atoms with E-state index in [2.05, 4.69) is 132 Å². The SMILES string of the molecule is O=C(c1cc(Br)c(O)c(Br)c1)c1[nH]c(C(=O)c2cc(Br)c(O)c(Br)c2)c(-c2cc(Br)c(O)c(Br)c2)c1-c1cc(Br)c(O)c(Br)c1. The van der Waals surface area contributed by atoms with Crippen LogP contribution in [0.15, 0.2) is 84.3 Å². The first-order chi connectivity index (χ1) is 21.1. The summed E-state index contributed by atoms with van der Waals surface area (Å²) in [6.07, 6.45) is 0. The lowest BCUT2D eigenvalue weighted by Gasteiger charge is -2.13. The van der Waals surface area contributed by atoms with Crippen molar-refractivity contribution in [3.63, 3.8) is 0 Å². The maximum absolute atomic E-state index is 14.3. The van der Waals surface area contributed by atoms with Gasteiger partial charge >= 0.3 is 0 Å². The maximum atomic E-state index is 14.3. The van der Waals surface area contributed by atoms with Crippen LogP contribution in [0.2, 0.25) is 0 Å². The number of rotatable bonds is 6. The van der Waals surface area contributed by atoms with Gasteiger partial charge in [-0.05, 0) is 187 Å². The van der Waals surface area contributed by atoms with Gasteiger partial charge in [0.2, 0.25) is 11.6 Å². The van der Waals surface area contributed by atoms with Crippen LogP contribution >= 0.6 is 127 Å². The molecule has 0 bridgehead atoms. The summed E-state index contributed by atoms with van der Waals surface area (Å²) in [7, 11) is 0. The van der Waals surface area contributed by atoms with Gasteiger partial charge in [0.05, 0.1) is 47.2 Å². The van der Waals surface area contributed by atoms with Crippen LogP contribution in [0.25, 0.3) is 22.3 Å². The Morgan fingerprint density at radius 2 is 0.644 bits per heavy atom. The third kappa shape index (κ3) is 6.65. The normalized spacial score (nSPS) is 11.2. The summed E-state index contributed by atoms with van der Waals surface area (Å²) in [5, 5.41) is 41.6. The number of halogens is 8. The number of hydrogen-bond acceptors (Lipinski definition) is 6. The summed E-state index contributed by atoms with van der Waals surface area (Å²) in [4.78, 5) is 31.8. The van der Waals surface area contributed by atoms with Crippen LogP contribution < -0.4 is 0 Å². The number of aromatic amines is 1. The predicted molar refractivity (Wildman–Crippen MR) is 200 cm³/mol. The van der Waals surface area contributed by atoms with E-state index in [4.69, 9.17) is 0 Å². The highest BCUT2D eigenvalue weighted by Crippen LogP contribution is 2.47. The number of phenolic OH excluding ortho intramolecular Hbond substituents is 4. The summed E-state index contributed by atoms with van der Waals surface area (Å²) >= 11 is 26.6. The minimum absolute atomic E-state index is 0.0274. The summed E-state index contributed by atoms with van der Waals surface area (Å²) in [5.41, 5.74) is 1.94. The highest BCUT2D eigenvalue weighted by atomic mass is 79.9. The van der Waals surface area contributed by atoms with Crippen molar-refractivity contribution >= 4 is 139 Å².